The van der Waals surface area contributed by atoms with Gasteiger partial charge in [0.25, 0.3) is 0 Å². The maximum Gasteiger partial charge on any atom is 0.231 e. The summed E-state index contributed by atoms with van der Waals surface area (Å²) in [5.41, 5.74) is 2.33. The minimum atomic E-state index is -0.109. The van der Waals surface area contributed by atoms with Crippen LogP contribution in [0.3, 0.4) is 0 Å². The summed E-state index contributed by atoms with van der Waals surface area (Å²) in [6.07, 6.45) is 6.75. The number of furan rings is 1. The van der Waals surface area contributed by atoms with Crippen LogP contribution in [0, 0.1) is 0 Å². The molecule has 0 fully saturated rings. The van der Waals surface area contributed by atoms with E-state index in [0.717, 1.165) is 16.6 Å². The van der Waals surface area contributed by atoms with Crippen molar-refractivity contribution in [3.8, 4) is 11.6 Å². The molecule has 0 aliphatic heterocycles. The van der Waals surface area contributed by atoms with Crippen molar-refractivity contribution >= 4 is 22.6 Å². The highest BCUT2D eigenvalue weighted by atomic mass is 16.5. The summed E-state index contributed by atoms with van der Waals surface area (Å²) in [5.74, 6) is 1.01. The van der Waals surface area contributed by atoms with E-state index >= 15 is 0 Å². The van der Waals surface area contributed by atoms with Crippen molar-refractivity contribution in [2.45, 2.75) is 6.42 Å². The Balaban J connectivity index is 1.45. The van der Waals surface area contributed by atoms with E-state index in [9.17, 15) is 4.79 Å². The minimum Gasteiger partial charge on any atom is -0.472 e. The predicted octanol–water partition coefficient (Wildman–Crippen LogP) is 3.53. The van der Waals surface area contributed by atoms with Crippen LogP contribution in [0.15, 0.2) is 65.9 Å². The highest BCUT2D eigenvalue weighted by Gasteiger charge is 2.09. The number of anilines is 1. The van der Waals surface area contributed by atoms with Gasteiger partial charge in [-0.2, -0.15) is 0 Å². The summed E-state index contributed by atoms with van der Waals surface area (Å²) >= 11 is 0. The molecule has 0 aliphatic rings. The van der Waals surface area contributed by atoms with Gasteiger partial charge in [0.2, 0.25) is 11.8 Å². The number of ether oxygens (including phenoxy) is 1. The van der Waals surface area contributed by atoms with E-state index in [1.807, 2.05) is 23.9 Å². The fourth-order valence-electron chi connectivity index (χ4n) is 2.64. The van der Waals surface area contributed by atoms with Gasteiger partial charge in [-0.3, -0.25) is 4.79 Å². The first-order chi connectivity index (χ1) is 12.7. The van der Waals surface area contributed by atoms with Crippen LogP contribution in [-0.2, 0) is 18.3 Å². The second-order valence-electron chi connectivity index (χ2n) is 5.83. The molecule has 4 rings (SSSR count). The van der Waals surface area contributed by atoms with Gasteiger partial charge in [0.15, 0.2) is 0 Å². The number of nitrogens with one attached hydrogen (secondary N) is 1. The SMILES string of the molecule is Cn1ccc2c(Oc3ccc(NC(=O)Cc4ccoc4)cc3)ncnc21. The van der Waals surface area contributed by atoms with Crippen LogP contribution < -0.4 is 10.1 Å². The molecule has 0 aliphatic carbocycles. The molecule has 4 aromatic rings. The first kappa shape index (κ1) is 15.9. The number of benzene rings is 1. The van der Waals surface area contributed by atoms with Crippen LogP contribution in [0.25, 0.3) is 11.0 Å². The van der Waals surface area contributed by atoms with Crippen molar-refractivity contribution in [2.24, 2.45) is 7.05 Å². The number of rotatable bonds is 5. The van der Waals surface area contributed by atoms with E-state index in [0.29, 0.717) is 17.3 Å². The van der Waals surface area contributed by atoms with Gasteiger partial charge in [0, 0.05) is 18.9 Å². The Kier molecular flexibility index (Phi) is 4.10. The Labute approximate surface area is 149 Å². The molecule has 3 aromatic heterocycles. The summed E-state index contributed by atoms with van der Waals surface area (Å²) in [4.78, 5) is 20.4. The predicted molar refractivity (Wildman–Crippen MR) is 96.1 cm³/mol. The molecule has 0 saturated heterocycles. The van der Waals surface area contributed by atoms with Crippen molar-refractivity contribution in [1.82, 2.24) is 14.5 Å². The van der Waals surface area contributed by atoms with Crippen molar-refractivity contribution in [2.75, 3.05) is 5.32 Å². The Hall–Kier alpha value is -3.61. The van der Waals surface area contributed by atoms with E-state index in [4.69, 9.17) is 9.15 Å². The zero-order valence-electron chi connectivity index (χ0n) is 14.0. The monoisotopic (exact) mass is 348 g/mol. The molecule has 7 heteroatoms. The summed E-state index contributed by atoms with van der Waals surface area (Å²) in [6.45, 7) is 0. The smallest absolute Gasteiger partial charge is 0.231 e. The van der Waals surface area contributed by atoms with Gasteiger partial charge < -0.3 is 19.0 Å². The van der Waals surface area contributed by atoms with Gasteiger partial charge in [0.05, 0.1) is 24.3 Å². The lowest BCUT2D eigenvalue weighted by Gasteiger charge is -2.08. The highest BCUT2D eigenvalue weighted by Crippen LogP contribution is 2.27. The van der Waals surface area contributed by atoms with E-state index in [1.54, 1.807) is 42.9 Å². The number of aromatic nitrogens is 3. The summed E-state index contributed by atoms with van der Waals surface area (Å²) < 4.78 is 12.7. The molecule has 3 heterocycles. The van der Waals surface area contributed by atoms with Gasteiger partial charge in [-0.05, 0) is 42.0 Å². The third kappa shape index (κ3) is 3.27. The number of carbonyl (C=O) groups is 1. The molecule has 1 aromatic carbocycles. The quantitative estimate of drug-likeness (QED) is 0.596. The van der Waals surface area contributed by atoms with E-state index in [2.05, 4.69) is 15.3 Å². The Bertz CT molecular complexity index is 1040. The molecule has 7 nitrogen and oxygen atoms in total. The van der Waals surface area contributed by atoms with Crippen LogP contribution in [0.2, 0.25) is 0 Å². The van der Waals surface area contributed by atoms with Crippen LogP contribution in [0.5, 0.6) is 11.6 Å². The average Bonchev–Trinajstić information content (AvgIpc) is 3.27. The molecule has 1 N–H and O–H groups in total. The second kappa shape index (κ2) is 6.72. The van der Waals surface area contributed by atoms with Crippen LogP contribution >= 0.6 is 0 Å². The fourth-order valence-corrected chi connectivity index (χ4v) is 2.64. The number of fused-ring (bicyclic) bond motifs is 1. The molecular weight excluding hydrogens is 332 g/mol. The molecule has 1 amide bonds. The molecule has 26 heavy (non-hydrogen) atoms. The van der Waals surface area contributed by atoms with Gasteiger partial charge in [-0.25, -0.2) is 9.97 Å². The number of nitrogens with zero attached hydrogens (tertiary/aromatic N) is 3. The zero-order valence-corrected chi connectivity index (χ0v) is 14.0. The summed E-state index contributed by atoms with van der Waals surface area (Å²) in [6, 6.07) is 10.8. The van der Waals surface area contributed by atoms with Crippen LogP contribution in [0.4, 0.5) is 5.69 Å². The lowest BCUT2D eigenvalue weighted by atomic mass is 10.2. The maximum atomic E-state index is 12.0. The topological polar surface area (TPSA) is 82.2 Å². The van der Waals surface area contributed by atoms with E-state index in [-0.39, 0.29) is 12.3 Å². The average molecular weight is 348 g/mol. The molecule has 0 saturated carbocycles. The van der Waals surface area contributed by atoms with Gasteiger partial charge in [-0.1, -0.05) is 0 Å². The van der Waals surface area contributed by atoms with Crippen LogP contribution in [-0.4, -0.2) is 20.4 Å². The van der Waals surface area contributed by atoms with Crippen molar-refractivity contribution in [1.29, 1.82) is 0 Å². The largest absolute Gasteiger partial charge is 0.472 e. The highest BCUT2D eigenvalue weighted by molar-refractivity contribution is 5.92. The second-order valence-corrected chi connectivity index (χ2v) is 5.83. The normalized spacial score (nSPS) is 10.8. The van der Waals surface area contributed by atoms with Crippen molar-refractivity contribution in [3.63, 3.8) is 0 Å². The fraction of sp³-hybridized carbons (Fsp3) is 0.105. The molecule has 0 unspecified atom stereocenters. The molecular formula is C19H16N4O3. The maximum absolute atomic E-state index is 12.0. The Morgan fingerprint density at radius 3 is 2.81 bits per heavy atom. The van der Waals surface area contributed by atoms with Gasteiger partial charge in [-0.15, -0.1) is 0 Å². The Morgan fingerprint density at radius 2 is 2.04 bits per heavy atom. The standard InChI is InChI=1S/C19H16N4O3/c1-23-8-6-16-18(23)20-12-21-19(16)26-15-4-2-14(3-5-15)22-17(24)10-13-7-9-25-11-13/h2-9,11-12H,10H2,1H3,(H,22,24). The van der Waals surface area contributed by atoms with Gasteiger partial charge in [0.1, 0.15) is 17.7 Å². The van der Waals surface area contributed by atoms with Crippen molar-refractivity contribution in [3.05, 3.63) is 67.0 Å². The van der Waals surface area contributed by atoms with Gasteiger partial charge >= 0.3 is 0 Å². The molecule has 0 spiro atoms. The molecule has 0 radical (unpaired) electrons. The number of aryl methyl sites for hydroxylation is 1. The van der Waals surface area contributed by atoms with Crippen molar-refractivity contribution < 1.29 is 13.9 Å². The minimum absolute atomic E-state index is 0.109. The van der Waals surface area contributed by atoms with Crippen LogP contribution in [0.1, 0.15) is 5.56 Å². The lowest BCUT2D eigenvalue weighted by Crippen LogP contribution is -2.13. The molecule has 0 bridgehead atoms. The zero-order chi connectivity index (χ0) is 17.9. The third-order valence-corrected chi connectivity index (χ3v) is 3.92. The van der Waals surface area contributed by atoms with E-state index in [1.165, 1.54) is 6.33 Å². The first-order valence-corrected chi connectivity index (χ1v) is 8.04. The number of hydrogen-bond donors (Lipinski definition) is 1. The van der Waals surface area contributed by atoms with E-state index < -0.39 is 0 Å². The molecule has 0 atom stereocenters. The lowest BCUT2D eigenvalue weighted by molar-refractivity contribution is -0.115. The number of hydrogen-bond acceptors (Lipinski definition) is 5. The third-order valence-electron chi connectivity index (χ3n) is 3.92. The summed E-state index contributed by atoms with van der Waals surface area (Å²) in [5, 5.41) is 3.68. The molecule has 130 valence electrons. The summed E-state index contributed by atoms with van der Waals surface area (Å²) in [7, 11) is 1.92. The number of carbonyl (C=O) groups excluding carboxylic acids is 1. The number of amides is 1. The first-order valence-electron chi connectivity index (χ1n) is 8.04. The Morgan fingerprint density at radius 1 is 1.19 bits per heavy atom.